The molecule has 7 heteroatoms. The van der Waals surface area contributed by atoms with Crippen molar-refractivity contribution in [3.05, 3.63) is 23.8 Å². The second kappa shape index (κ2) is 6.11. The Balaban J connectivity index is 1.98. The standard InChI is InChI=1S/C13H15F3N2O2/c14-9-3-1-5-17(7-9)12(19)11(16)13(20)18-6-2-4-10(15)8-18/h3-4,11H,1-2,5-8H2. The summed E-state index contributed by atoms with van der Waals surface area (Å²) in [6, 6.07) is 0. The third-order valence-electron chi connectivity index (χ3n) is 3.27. The number of nitrogens with zero attached hydrogens (tertiary/aromatic N) is 2. The van der Waals surface area contributed by atoms with Gasteiger partial charge in [0, 0.05) is 13.1 Å². The normalized spacial score (nSPS) is 19.8. The maximum Gasteiger partial charge on any atom is 0.267 e. The summed E-state index contributed by atoms with van der Waals surface area (Å²) in [5, 5.41) is 0. The fourth-order valence-corrected chi connectivity index (χ4v) is 2.21. The van der Waals surface area contributed by atoms with E-state index in [1.807, 2.05) is 0 Å². The third kappa shape index (κ3) is 3.20. The molecule has 0 saturated heterocycles. The van der Waals surface area contributed by atoms with E-state index in [1.165, 1.54) is 12.2 Å². The molecule has 0 bridgehead atoms. The summed E-state index contributed by atoms with van der Waals surface area (Å²) in [5.41, 5.74) is 0. The quantitative estimate of drug-likeness (QED) is 0.722. The topological polar surface area (TPSA) is 40.6 Å². The molecule has 2 amide bonds. The Bertz CT molecular complexity index is 434. The monoisotopic (exact) mass is 288 g/mol. The van der Waals surface area contributed by atoms with Crippen LogP contribution in [0.4, 0.5) is 13.2 Å². The molecule has 0 N–H and O–H groups in total. The lowest BCUT2D eigenvalue weighted by Gasteiger charge is -2.29. The van der Waals surface area contributed by atoms with Crippen molar-refractivity contribution in [1.29, 1.82) is 0 Å². The summed E-state index contributed by atoms with van der Waals surface area (Å²) in [6.45, 7) is -0.288. The Labute approximate surface area is 114 Å². The number of halogens is 3. The van der Waals surface area contributed by atoms with Crippen LogP contribution in [0.15, 0.2) is 23.8 Å². The van der Waals surface area contributed by atoms with Crippen LogP contribution in [-0.2, 0) is 9.59 Å². The van der Waals surface area contributed by atoms with Crippen molar-refractivity contribution < 1.29 is 22.8 Å². The third-order valence-corrected chi connectivity index (χ3v) is 3.27. The van der Waals surface area contributed by atoms with Gasteiger partial charge in [0.2, 0.25) is 0 Å². The zero-order chi connectivity index (χ0) is 14.7. The zero-order valence-electron chi connectivity index (χ0n) is 10.8. The van der Waals surface area contributed by atoms with E-state index in [9.17, 15) is 22.8 Å². The lowest BCUT2D eigenvalue weighted by molar-refractivity contribution is -0.148. The number of hydrogen-bond donors (Lipinski definition) is 0. The van der Waals surface area contributed by atoms with Crippen LogP contribution in [0.2, 0.25) is 0 Å². The number of carbonyl (C=O) groups is 2. The largest absolute Gasteiger partial charge is 0.333 e. The van der Waals surface area contributed by atoms with Crippen molar-refractivity contribution in [2.75, 3.05) is 26.2 Å². The van der Waals surface area contributed by atoms with Crippen LogP contribution in [0.5, 0.6) is 0 Å². The molecule has 0 aliphatic carbocycles. The summed E-state index contributed by atoms with van der Waals surface area (Å²) < 4.78 is 40.1. The molecule has 2 heterocycles. The van der Waals surface area contributed by atoms with Crippen molar-refractivity contribution in [2.24, 2.45) is 0 Å². The summed E-state index contributed by atoms with van der Waals surface area (Å²) >= 11 is 0. The maximum absolute atomic E-state index is 13.9. The van der Waals surface area contributed by atoms with Crippen LogP contribution >= 0.6 is 0 Å². The first-order valence-electron chi connectivity index (χ1n) is 6.39. The lowest BCUT2D eigenvalue weighted by Crippen LogP contribution is -2.49. The van der Waals surface area contributed by atoms with Crippen molar-refractivity contribution in [2.45, 2.75) is 19.0 Å². The molecule has 0 spiro atoms. The first-order chi connectivity index (χ1) is 9.49. The first-order valence-corrected chi connectivity index (χ1v) is 6.39. The molecule has 110 valence electrons. The highest BCUT2D eigenvalue weighted by Crippen LogP contribution is 2.16. The number of carbonyl (C=O) groups excluding carboxylic acids is 2. The number of rotatable bonds is 2. The number of alkyl halides is 1. The van der Waals surface area contributed by atoms with E-state index in [1.54, 1.807) is 0 Å². The van der Waals surface area contributed by atoms with Gasteiger partial charge in [-0.2, -0.15) is 0 Å². The van der Waals surface area contributed by atoms with Gasteiger partial charge in [0.05, 0.1) is 13.1 Å². The highest BCUT2D eigenvalue weighted by molar-refractivity contribution is 6.03. The van der Waals surface area contributed by atoms with Gasteiger partial charge in [-0.25, -0.2) is 13.2 Å². The molecular formula is C13H15F3N2O2. The van der Waals surface area contributed by atoms with E-state index in [4.69, 9.17) is 0 Å². The van der Waals surface area contributed by atoms with Gasteiger partial charge >= 0.3 is 0 Å². The van der Waals surface area contributed by atoms with Crippen molar-refractivity contribution in [3.63, 3.8) is 0 Å². The maximum atomic E-state index is 13.9. The molecule has 0 saturated carbocycles. The Morgan fingerprint density at radius 3 is 1.70 bits per heavy atom. The average Bonchev–Trinajstić information content (AvgIpc) is 2.45. The Kier molecular flexibility index (Phi) is 4.46. The molecule has 0 aromatic rings. The molecular weight excluding hydrogens is 273 g/mol. The fraction of sp³-hybridized carbons (Fsp3) is 0.538. The van der Waals surface area contributed by atoms with Crippen LogP contribution < -0.4 is 0 Å². The van der Waals surface area contributed by atoms with Crippen LogP contribution in [-0.4, -0.2) is 54.0 Å². The molecule has 0 fully saturated rings. The summed E-state index contributed by atoms with van der Waals surface area (Å²) in [4.78, 5) is 25.6. The minimum atomic E-state index is -2.40. The number of hydrogen-bond acceptors (Lipinski definition) is 2. The predicted octanol–water partition coefficient (Wildman–Crippen LogP) is 1.50. The fourth-order valence-electron chi connectivity index (χ4n) is 2.21. The van der Waals surface area contributed by atoms with E-state index in [0.717, 1.165) is 9.80 Å². The second-order valence-corrected chi connectivity index (χ2v) is 4.76. The molecule has 0 atom stereocenters. The van der Waals surface area contributed by atoms with Gasteiger partial charge in [0.15, 0.2) is 0 Å². The molecule has 20 heavy (non-hydrogen) atoms. The summed E-state index contributed by atoms with van der Waals surface area (Å²) in [5.74, 6) is -3.16. The predicted molar refractivity (Wildman–Crippen MR) is 65.7 cm³/mol. The average molecular weight is 288 g/mol. The highest BCUT2D eigenvalue weighted by Gasteiger charge is 2.35. The van der Waals surface area contributed by atoms with Crippen LogP contribution in [0.1, 0.15) is 12.8 Å². The van der Waals surface area contributed by atoms with E-state index >= 15 is 0 Å². The van der Waals surface area contributed by atoms with E-state index in [0.29, 0.717) is 12.8 Å². The SMILES string of the molecule is O=C(C(F)C(=O)N1CCC=C(F)C1)N1CCC=C(F)C1. The molecule has 0 aromatic carbocycles. The Morgan fingerprint density at radius 1 is 0.950 bits per heavy atom. The van der Waals surface area contributed by atoms with Gasteiger partial charge in [-0.05, 0) is 25.0 Å². The van der Waals surface area contributed by atoms with Gasteiger partial charge in [0.1, 0.15) is 11.7 Å². The van der Waals surface area contributed by atoms with E-state index in [2.05, 4.69) is 0 Å². The van der Waals surface area contributed by atoms with Crippen molar-refractivity contribution in [1.82, 2.24) is 9.80 Å². The van der Waals surface area contributed by atoms with Crippen LogP contribution in [0.25, 0.3) is 0 Å². The smallest absolute Gasteiger partial charge is 0.267 e. The summed E-state index contributed by atoms with van der Waals surface area (Å²) in [6.07, 6.45) is 0.832. The minimum Gasteiger partial charge on any atom is -0.333 e. The van der Waals surface area contributed by atoms with Gasteiger partial charge < -0.3 is 9.80 Å². The lowest BCUT2D eigenvalue weighted by atomic mass is 10.2. The summed E-state index contributed by atoms with van der Waals surface area (Å²) in [7, 11) is 0. The zero-order valence-corrected chi connectivity index (χ0v) is 10.8. The molecule has 0 aromatic heterocycles. The molecule has 0 unspecified atom stereocenters. The van der Waals surface area contributed by atoms with E-state index < -0.39 is 29.6 Å². The second-order valence-electron chi connectivity index (χ2n) is 4.76. The van der Waals surface area contributed by atoms with Gasteiger partial charge in [-0.15, -0.1) is 0 Å². The Morgan fingerprint density at radius 2 is 1.35 bits per heavy atom. The first kappa shape index (κ1) is 14.6. The molecule has 2 aliphatic heterocycles. The van der Waals surface area contributed by atoms with Crippen molar-refractivity contribution >= 4 is 11.8 Å². The molecule has 2 rings (SSSR count). The Hall–Kier alpha value is -1.79. The minimum absolute atomic E-state index is 0.175. The van der Waals surface area contributed by atoms with Gasteiger partial charge in [-0.1, -0.05) is 0 Å². The van der Waals surface area contributed by atoms with Crippen molar-refractivity contribution in [3.8, 4) is 0 Å². The molecule has 4 nitrogen and oxygen atoms in total. The molecule has 2 aliphatic rings. The van der Waals surface area contributed by atoms with Gasteiger partial charge in [0.25, 0.3) is 18.0 Å². The van der Waals surface area contributed by atoms with Crippen LogP contribution in [0.3, 0.4) is 0 Å². The molecule has 0 radical (unpaired) electrons. The number of amides is 2. The van der Waals surface area contributed by atoms with Crippen LogP contribution in [0, 0.1) is 0 Å². The van der Waals surface area contributed by atoms with Gasteiger partial charge in [-0.3, -0.25) is 9.59 Å². The van der Waals surface area contributed by atoms with E-state index in [-0.39, 0.29) is 26.2 Å². The highest BCUT2D eigenvalue weighted by atomic mass is 19.1.